The van der Waals surface area contributed by atoms with Crippen LogP contribution in [0.25, 0.3) is 5.82 Å². The number of hydrogen-bond donors (Lipinski definition) is 1. The maximum absolute atomic E-state index is 12.1. The number of aromatic nitrogens is 3. The lowest BCUT2D eigenvalue weighted by Gasteiger charge is -2.09. The molecular formula is C20H15BrN4O3. The van der Waals surface area contributed by atoms with Crippen LogP contribution in [-0.2, 0) is 0 Å². The molecule has 7 nitrogen and oxygen atoms in total. The summed E-state index contributed by atoms with van der Waals surface area (Å²) in [5.41, 5.74) is 0.622. The van der Waals surface area contributed by atoms with E-state index in [9.17, 15) is 4.79 Å². The maximum Gasteiger partial charge on any atom is 0.291 e. The number of hydrogen-bond acceptors (Lipinski definition) is 5. The zero-order valence-electron chi connectivity index (χ0n) is 14.8. The topological polar surface area (TPSA) is 82.2 Å². The Hall–Kier alpha value is -3.39. The lowest BCUT2D eigenvalue weighted by atomic mass is 10.3. The van der Waals surface area contributed by atoms with Gasteiger partial charge in [0.05, 0.1) is 0 Å². The molecule has 0 saturated heterocycles. The SMILES string of the molecule is Cc1nc(Oc2ccc(NC(=O)c3ccc(Br)o3)cc2)cc(-n2cccc2)n1. The van der Waals surface area contributed by atoms with Gasteiger partial charge < -0.3 is 19.0 Å². The monoisotopic (exact) mass is 438 g/mol. The summed E-state index contributed by atoms with van der Waals surface area (Å²) in [6, 6.07) is 15.9. The van der Waals surface area contributed by atoms with Crippen molar-refractivity contribution in [2.24, 2.45) is 0 Å². The first kappa shape index (κ1) is 18.0. The van der Waals surface area contributed by atoms with Crippen LogP contribution in [0.2, 0.25) is 0 Å². The molecule has 0 fully saturated rings. The lowest BCUT2D eigenvalue weighted by molar-refractivity contribution is 0.0995. The Kier molecular flexibility index (Phi) is 4.94. The van der Waals surface area contributed by atoms with E-state index in [1.807, 2.05) is 36.0 Å². The number of aryl methyl sites for hydroxylation is 1. The van der Waals surface area contributed by atoms with Gasteiger partial charge in [-0.3, -0.25) is 4.79 Å². The molecule has 4 rings (SSSR count). The maximum atomic E-state index is 12.1. The molecule has 3 aromatic heterocycles. The number of amides is 1. The smallest absolute Gasteiger partial charge is 0.291 e. The van der Waals surface area contributed by atoms with E-state index in [4.69, 9.17) is 9.15 Å². The second-order valence-corrected chi connectivity index (χ2v) is 6.67. The molecule has 140 valence electrons. The predicted octanol–water partition coefficient (Wildman–Crippen LogP) is 4.98. The molecule has 0 atom stereocenters. The van der Waals surface area contributed by atoms with Crippen LogP contribution in [0, 0.1) is 6.92 Å². The number of nitrogens with one attached hydrogen (secondary N) is 1. The molecule has 8 heteroatoms. The Balaban J connectivity index is 1.47. The summed E-state index contributed by atoms with van der Waals surface area (Å²) in [5, 5.41) is 2.76. The average molecular weight is 439 g/mol. The molecule has 0 unspecified atom stereocenters. The standard InChI is InChI=1S/C20H15BrN4O3/c1-13-22-18(25-10-2-3-11-25)12-19(23-13)27-15-6-4-14(5-7-15)24-20(26)16-8-9-17(21)28-16/h2-12H,1H3,(H,24,26). The van der Waals surface area contributed by atoms with Gasteiger partial charge in [0, 0.05) is 24.1 Å². The van der Waals surface area contributed by atoms with E-state index >= 15 is 0 Å². The summed E-state index contributed by atoms with van der Waals surface area (Å²) in [7, 11) is 0. The molecular weight excluding hydrogens is 424 g/mol. The summed E-state index contributed by atoms with van der Waals surface area (Å²) in [5.74, 6) is 2.25. The normalized spacial score (nSPS) is 10.6. The number of carbonyl (C=O) groups is 1. The quantitative estimate of drug-likeness (QED) is 0.475. The van der Waals surface area contributed by atoms with Crippen molar-refractivity contribution in [3.63, 3.8) is 0 Å². The number of ether oxygens (including phenoxy) is 1. The van der Waals surface area contributed by atoms with E-state index in [2.05, 4.69) is 31.2 Å². The summed E-state index contributed by atoms with van der Waals surface area (Å²) in [4.78, 5) is 20.8. The molecule has 4 aromatic rings. The summed E-state index contributed by atoms with van der Waals surface area (Å²) >= 11 is 3.17. The average Bonchev–Trinajstić information content (AvgIpc) is 3.35. The zero-order chi connectivity index (χ0) is 19.5. The first-order valence-corrected chi connectivity index (χ1v) is 9.20. The minimum Gasteiger partial charge on any atom is -0.444 e. The van der Waals surface area contributed by atoms with Crippen LogP contribution in [0.4, 0.5) is 5.69 Å². The molecule has 28 heavy (non-hydrogen) atoms. The van der Waals surface area contributed by atoms with Crippen LogP contribution in [0.5, 0.6) is 11.6 Å². The van der Waals surface area contributed by atoms with Crippen LogP contribution in [0.15, 0.2) is 76.1 Å². The van der Waals surface area contributed by atoms with E-state index in [-0.39, 0.29) is 11.7 Å². The molecule has 0 aliphatic carbocycles. The van der Waals surface area contributed by atoms with Crippen LogP contribution < -0.4 is 10.1 Å². The Morgan fingerprint density at radius 2 is 1.86 bits per heavy atom. The molecule has 0 bridgehead atoms. The van der Waals surface area contributed by atoms with Gasteiger partial charge in [-0.25, -0.2) is 4.98 Å². The van der Waals surface area contributed by atoms with Gasteiger partial charge in [0.25, 0.3) is 5.91 Å². The van der Waals surface area contributed by atoms with E-state index in [1.54, 1.807) is 42.5 Å². The largest absolute Gasteiger partial charge is 0.444 e. The molecule has 1 aromatic carbocycles. The lowest BCUT2D eigenvalue weighted by Crippen LogP contribution is -2.10. The number of nitrogens with zero attached hydrogens (tertiary/aromatic N) is 3. The van der Waals surface area contributed by atoms with Crippen molar-refractivity contribution in [3.05, 3.63) is 83.2 Å². The van der Waals surface area contributed by atoms with Gasteiger partial charge in [0.2, 0.25) is 5.88 Å². The Morgan fingerprint density at radius 1 is 1.11 bits per heavy atom. The minimum atomic E-state index is -0.331. The minimum absolute atomic E-state index is 0.223. The third kappa shape index (κ3) is 4.12. The summed E-state index contributed by atoms with van der Waals surface area (Å²) < 4.78 is 13.5. The first-order valence-electron chi connectivity index (χ1n) is 8.40. The van der Waals surface area contributed by atoms with Gasteiger partial charge in [-0.2, -0.15) is 4.98 Å². The van der Waals surface area contributed by atoms with E-state index in [0.717, 1.165) is 5.82 Å². The van der Waals surface area contributed by atoms with Crippen molar-refractivity contribution >= 4 is 27.5 Å². The fraction of sp³-hybridized carbons (Fsp3) is 0.0500. The number of carbonyl (C=O) groups excluding carboxylic acids is 1. The highest BCUT2D eigenvalue weighted by molar-refractivity contribution is 9.10. The summed E-state index contributed by atoms with van der Waals surface area (Å²) in [6.07, 6.45) is 3.81. The molecule has 0 radical (unpaired) electrons. The van der Waals surface area contributed by atoms with Crippen molar-refractivity contribution in [3.8, 4) is 17.4 Å². The molecule has 1 amide bonds. The summed E-state index contributed by atoms with van der Waals surface area (Å²) in [6.45, 7) is 1.81. The fourth-order valence-electron chi connectivity index (χ4n) is 2.55. The molecule has 0 aliphatic heterocycles. The van der Waals surface area contributed by atoms with E-state index in [1.165, 1.54) is 0 Å². The van der Waals surface area contributed by atoms with Crippen molar-refractivity contribution in [2.45, 2.75) is 6.92 Å². The Morgan fingerprint density at radius 3 is 2.54 bits per heavy atom. The second kappa shape index (κ2) is 7.69. The third-order valence-corrected chi connectivity index (χ3v) is 4.23. The van der Waals surface area contributed by atoms with Crippen molar-refractivity contribution in [2.75, 3.05) is 5.32 Å². The van der Waals surface area contributed by atoms with Crippen molar-refractivity contribution in [1.82, 2.24) is 14.5 Å². The third-order valence-electron chi connectivity index (χ3n) is 3.80. The van der Waals surface area contributed by atoms with Crippen molar-refractivity contribution < 1.29 is 13.9 Å². The van der Waals surface area contributed by atoms with Crippen molar-refractivity contribution in [1.29, 1.82) is 0 Å². The van der Waals surface area contributed by atoms with Gasteiger partial charge in [0.15, 0.2) is 10.4 Å². The highest BCUT2D eigenvalue weighted by atomic mass is 79.9. The molecule has 3 heterocycles. The number of furan rings is 1. The molecule has 1 N–H and O–H groups in total. The number of rotatable bonds is 5. The van der Waals surface area contributed by atoms with Gasteiger partial charge in [-0.15, -0.1) is 0 Å². The molecule has 0 saturated carbocycles. The zero-order valence-corrected chi connectivity index (χ0v) is 16.4. The number of halogens is 1. The van der Waals surface area contributed by atoms with Crippen LogP contribution in [0.1, 0.15) is 16.4 Å². The Bertz CT molecular complexity index is 1100. The van der Waals surface area contributed by atoms with Gasteiger partial charge in [-0.05, 0) is 71.4 Å². The van der Waals surface area contributed by atoms with Gasteiger partial charge >= 0.3 is 0 Å². The highest BCUT2D eigenvalue weighted by Crippen LogP contribution is 2.24. The van der Waals surface area contributed by atoms with Crippen LogP contribution in [-0.4, -0.2) is 20.4 Å². The molecule has 0 spiro atoms. The van der Waals surface area contributed by atoms with E-state index in [0.29, 0.717) is 27.8 Å². The number of benzene rings is 1. The van der Waals surface area contributed by atoms with Gasteiger partial charge in [-0.1, -0.05) is 0 Å². The van der Waals surface area contributed by atoms with E-state index < -0.39 is 0 Å². The number of anilines is 1. The van der Waals surface area contributed by atoms with Crippen LogP contribution in [0.3, 0.4) is 0 Å². The van der Waals surface area contributed by atoms with Gasteiger partial charge in [0.1, 0.15) is 17.4 Å². The Labute approximate surface area is 169 Å². The van der Waals surface area contributed by atoms with Crippen LogP contribution >= 0.6 is 15.9 Å². The predicted molar refractivity (Wildman–Crippen MR) is 107 cm³/mol. The second-order valence-electron chi connectivity index (χ2n) is 5.89. The first-order chi connectivity index (χ1) is 13.6. The fourth-order valence-corrected chi connectivity index (χ4v) is 2.86. The highest BCUT2D eigenvalue weighted by Gasteiger charge is 2.11. The molecule has 0 aliphatic rings.